The Balaban J connectivity index is 2.12. The second kappa shape index (κ2) is 5.63. The maximum Gasteiger partial charge on any atom is 0.243 e. The van der Waals surface area contributed by atoms with E-state index < -0.39 is 32.2 Å². The maximum atomic E-state index is 13.6. The molecule has 20 heavy (non-hydrogen) atoms. The third kappa shape index (κ3) is 3.25. The number of benzene rings is 1. The number of hydrogen-bond acceptors (Lipinski definition) is 4. The minimum absolute atomic E-state index is 0.190. The summed E-state index contributed by atoms with van der Waals surface area (Å²) in [6.45, 7) is 1.92. The number of nitrogens with zero attached hydrogens (tertiary/aromatic N) is 1. The first-order valence-electron chi connectivity index (χ1n) is 6.22. The molecule has 5 nitrogen and oxygen atoms in total. The summed E-state index contributed by atoms with van der Waals surface area (Å²) in [5, 5.41) is 0. The van der Waals surface area contributed by atoms with Gasteiger partial charge in [0.1, 0.15) is 16.5 Å². The lowest BCUT2D eigenvalue weighted by atomic mass is 10.1. The first-order chi connectivity index (χ1) is 9.29. The number of nitrogen functional groups attached to an aromatic ring is 1. The van der Waals surface area contributed by atoms with Gasteiger partial charge in [0.25, 0.3) is 0 Å². The van der Waals surface area contributed by atoms with Gasteiger partial charge in [0, 0.05) is 19.2 Å². The van der Waals surface area contributed by atoms with E-state index in [2.05, 4.69) is 9.62 Å². The van der Waals surface area contributed by atoms with Crippen LogP contribution in [0.25, 0.3) is 0 Å². The van der Waals surface area contributed by atoms with Crippen molar-refractivity contribution in [2.45, 2.75) is 11.3 Å². The van der Waals surface area contributed by atoms with Crippen LogP contribution in [0.3, 0.4) is 0 Å². The summed E-state index contributed by atoms with van der Waals surface area (Å²) in [4.78, 5) is 1.47. The van der Waals surface area contributed by atoms with Crippen LogP contribution < -0.4 is 10.5 Å². The van der Waals surface area contributed by atoms with E-state index in [-0.39, 0.29) is 12.5 Å². The smallest absolute Gasteiger partial charge is 0.243 e. The standard InChI is InChI=1S/C12H17F2N3O2S/c1-17-3-2-8(7-17)6-16-20(18,19)12-5-11(15)9(13)4-10(12)14/h4-5,8,16H,2-3,6-7,15H2,1H3. The molecule has 1 aliphatic heterocycles. The first-order valence-corrected chi connectivity index (χ1v) is 7.70. The van der Waals surface area contributed by atoms with Gasteiger partial charge in [-0.05, 0) is 32.0 Å². The SMILES string of the molecule is CN1CCC(CNS(=O)(=O)c2cc(N)c(F)cc2F)C1. The highest BCUT2D eigenvalue weighted by atomic mass is 32.2. The molecule has 0 saturated carbocycles. The van der Waals surface area contributed by atoms with Gasteiger partial charge in [0.05, 0.1) is 5.69 Å². The van der Waals surface area contributed by atoms with Crippen LogP contribution in [0.5, 0.6) is 0 Å². The quantitative estimate of drug-likeness (QED) is 0.806. The molecule has 8 heteroatoms. The summed E-state index contributed by atoms with van der Waals surface area (Å²) >= 11 is 0. The van der Waals surface area contributed by atoms with Crippen LogP contribution in [0, 0.1) is 17.6 Å². The van der Waals surface area contributed by atoms with E-state index in [0.29, 0.717) is 6.07 Å². The number of sulfonamides is 1. The minimum atomic E-state index is -4.03. The summed E-state index contributed by atoms with van der Waals surface area (Å²) in [6.07, 6.45) is 0.882. The molecule has 0 aromatic heterocycles. The van der Waals surface area contributed by atoms with Crippen molar-refractivity contribution >= 4 is 15.7 Å². The Hall–Kier alpha value is -1.25. The third-order valence-electron chi connectivity index (χ3n) is 3.39. The van der Waals surface area contributed by atoms with Gasteiger partial charge in [-0.3, -0.25) is 0 Å². The molecule has 1 heterocycles. The Labute approximate surface area is 116 Å². The lowest BCUT2D eigenvalue weighted by Gasteiger charge is -2.13. The second-order valence-corrected chi connectivity index (χ2v) is 6.81. The molecule has 0 radical (unpaired) electrons. The molecule has 1 aromatic carbocycles. The molecule has 0 spiro atoms. The largest absolute Gasteiger partial charge is 0.396 e. The van der Waals surface area contributed by atoms with Gasteiger partial charge < -0.3 is 10.6 Å². The van der Waals surface area contributed by atoms with Gasteiger partial charge in [-0.1, -0.05) is 0 Å². The van der Waals surface area contributed by atoms with Gasteiger partial charge in [-0.25, -0.2) is 21.9 Å². The highest BCUT2D eigenvalue weighted by Gasteiger charge is 2.25. The lowest BCUT2D eigenvalue weighted by molar-refractivity contribution is 0.394. The molecular formula is C12H17F2N3O2S. The Morgan fingerprint density at radius 3 is 2.70 bits per heavy atom. The van der Waals surface area contributed by atoms with Crippen molar-refractivity contribution < 1.29 is 17.2 Å². The van der Waals surface area contributed by atoms with Crippen LogP contribution in [-0.4, -0.2) is 40.0 Å². The predicted octanol–water partition coefficient (Wildman–Crippen LogP) is 0.777. The van der Waals surface area contributed by atoms with E-state index in [1.807, 2.05) is 7.05 Å². The molecular weight excluding hydrogens is 288 g/mol. The lowest BCUT2D eigenvalue weighted by Crippen LogP contribution is -2.31. The van der Waals surface area contributed by atoms with Gasteiger partial charge >= 0.3 is 0 Å². The van der Waals surface area contributed by atoms with Crippen LogP contribution in [0.4, 0.5) is 14.5 Å². The fourth-order valence-corrected chi connectivity index (χ4v) is 3.46. The Bertz CT molecular complexity index is 607. The molecule has 3 N–H and O–H groups in total. The molecule has 1 unspecified atom stereocenters. The fourth-order valence-electron chi connectivity index (χ4n) is 2.25. The molecule has 2 rings (SSSR count). The average Bonchev–Trinajstić information content (AvgIpc) is 2.77. The predicted molar refractivity (Wildman–Crippen MR) is 71.6 cm³/mol. The van der Waals surface area contributed by atoms with Crippen molar-refractivity contribution in [1.29, 1.82) is 0 Å². The molecule has 1 fully saturated rings. The minimum Gasteiger partial charge on any atom is -0.396 e. The van der Waals surface area contributed by atoms with Crippen LogP contribution in [-0.2, 0) is 10.0 Å². The number of likely N-dealkylation sites (tertiary alicyclic amines) is 1. The van der Waals surface area contributed by atoms with E-state index in [1.54, 1.807) is 0 Å². The van der Waals surface area contributed by atoms with Gasteiger partial charge in [-0.2, -0.15) is 0 Å². The summed E-state index contributed by atoms with van der Waals surface area (Å²) in [5.74, 6) is -1.93. The van der Waals surface area contributed by atoms with E-state index in [4.69, 9.17) is 5.73 Å². The van der Waals surface area contributed by atoms with Crippen LogP contribution in [0.15, 0.2) is 17.0 Å². The normalized spacial score (nSPS) is 20.4. The number of halogens is 2. The highest BCUT2D eigenvalue weighted by Crippen LogP contribution is 2.21. The van der Waals surface area contributed by atoms with Crippen molar-refractivity contribution in [3.05, 3.63) is 23.8 Å². The number of nitrogens with two attached hydrogens (primary N) is 1. The van der Waals surface area contributed by atoms with Crippen molar-refractivity contribution in [2.75, 3.05) is 32.4 Å². The maximum absolute atomic E-state index is 13.6. The van der Waals surface area contributed by atoms with Crippen LogP contribution in [0.1, 0.15) is 6.42 Å². The molecule has 1 atom stereocenters. The topological polar surface area (TPSA) is 75.4 Å². The number of anilines is 1. The van der Waals surface area contributed by atoms with Crippen LogP contribution in [0.2, 0.25) is 0 Å². The first kappa shape index (κ1) is 15.1. The van der Waals surface area contributed by atoms with E-state index in [1.165, 1.54) is 0 Å². The number of hydrogen-bond donors (Lipinski definition) is 2. The number of nitrogens with one attached hydrogen (secondary N) is 1. The molecule has 0 aliphatic carbocycles. The summed E-state index contributed by atoms with van der Waals surface area (Å²) < 4.78 is 53.0. The third-order valence-corrected chi connectivity index (χ3v) is 4.83. The summed E-state index contributed by atoms with van der Waals surface area (Å²) in [7, 11) is -2.07. The summed E-state index contributed by atoms with van der Waals surface area (Å²) in [5.41, 5.74) is 4.89. The Morgan fingerprint density at radius 1 is 1.40 bits per heavy atom. The zero-order valence-corrected chi connectivity index (χ0v) is 11.9. The van der Waals surface area contributed by atoms with Gasteiger partial charge in [0.2, 0.25) is 10.0 Å². The van der Waals surface area contributed by atoms with Crippen molar-refractivity contribution in [2.24, 2.45) is 5.92 Å². The average molecular weight is 305 g/mol. The fraction of sp³-hybridized carbons (Fsp3) is 0.500. The van der Waals surface area contributed by atoms with Crippen molar-refractivity contribution in [3.63, 3.8) is 0 Å². The van der Waals surface area contributed by atoms with E-state index >= 15 is 0 Å². The molecule has 0 amide bonds. The van der Waals surface area contributed by atoms with Crippen molar-refractivity contribution in [3.8, 4) is 0 Å². The highest BCUT2D eigenvalue weighted by molar-refractivity contribution is 7.89. The molecule has 0 bridgehead atoms. The van der Waals surface area contributed by atoms with E-state index in [0.717, 1.165) is 25.6 Å². The zero-order valence-electron chi connectivity index (χ0n) is 11.1. The molecule has 1 aliphatic rings. The Morgan fingerprint density at radius 2 is 2.10 bits per heavy atom. The molecule has 1 saturated heterocycles. The van der Waals surface area contributed by atoms with Gasteiger partial charge in [0.15, 0.2) is 0 Å². The zero-order chi connectivity index (χ0) is 14.9. The monoisotopic (exact) mass is 305 g/mol. The Kier molecular flexibility index (Phi) is 4.26. The van der Waals surface area contributed by atoms with Crippen LogP contribution >= 0.6 is 0 Å². The van der Waals surface area contributed by atoms with Crippen molar-refractivity contribution in [1.82, 2.24) is 9.62 Å². The second-order valence-electron chi connectivity index (χ2n) is 5.07. The molecule has 1 aromatic rings. The van der Waals surface area contributed by atoms with Gasteiger partial charge in [-0.15, -0.1) is 0 Å². The molecule has 112 valence electrons. The summed E-state index contributed by atoms with van der Waals surface area (Å²) in [6, 6.07) is 1.28. The van der Waals surface area contributed by atoms with E-state index in [9.17, 15) is 17.2 Å². The number of rotatable bonds is 4.